The molecule has 1 aliphatic rings. The third-order valence-corrected chi connectivity index (χ3v) is 4.57. The maximum atomic E-state index is 11.8. The third-order valence-electron chi connectivity index (χ3n) is 3.28. The lowest BCUT2D eigenvalue weighted by atomic mass is 10.1. The number of fused-ring (bicyclic) bond motifs is 1. The van der Waals surface area contributed by atoms with E-state index < -0.39 is 0 Å². The highest BCUT2D eigenvalue weighted by molar-refractivity contribution is 8.00. The van der Waals surface area contributed by atoms with E-state index in [0.29, 0.717) is 5.75 Å². The monoisotopic (exact) mass is 289 g/mol. The van der Waals surface area contributed by atoms with Gasteiger partial charge in [-0.05, 0) is 17.7 Å². The molecule has 3 rings (SSSR count). The average Bonchev–Trinajstić information content (AvgIpc) is 2.72. The van der Waals surface area contributed by atoms with Gasteiger partial charge in [0.25, 0.3) is 0 Å². The van der Waals surface area contributed by atoms with Crippen LogP contribution in [0.3, 0.4) is 0 Å². The minimum atomic E-state index is 0.00486. The molecule has 0 saturated carbocycles. The number of ether oxygens (including phenoxy) is 1. The van der Waals surface area contributed by atoms with Crippen LogP contribution in [0.1, 0.15) is 16.4 Å². The number of carbonyl (C=O) groups excluding carboxylic acids is 1. The van der Waals surface area contributed by atoms with Crippen LogP contribution >= 0.6 is 11.8 Å². The van der Waals surface area contributed by atoms with Gasteiger partial charge in [-0.25, -0.2) is 0 Å². The van der Waals surface area contributed by atoms with E-state index in [1.807, 2.05) is 37.5 Å². The Hall–Kier alpha value is -1.95. The molecule has 0 radical (unpaired) electrons. The van der Waals surface area contributed by atoms with Crippen molar-refractivity contribution in [3.8, 4) is 5.75 Å². The number of aromatic nitrogens is 2. The molecular weight excluding hydrogens is 274 g/mol. The first-order chi connectivity index (χ1) is 9.69. The molecule has 6 heteroatoms. The van der Waals surface area contributed by atoms with E-state index in [1.54, 1.807) is 23.6 Å². The zero-order valence-corrected chi connectivity index (χ0v) is 12.1. The first-order valence-corrected chi connectivity index (χ1v) is 7.31. The first-order valence-electron chi connectivity index (χ1n) is 6.26. The van der Waals surface area contributed by atoms with E-state index in [0.717, 1.165) is 22.7 Å². The van der Waals surface area contributed by atoms with Gasteiger partial charge in [-0.2, -0.15) is 5.10 Å². The minimum absolute atomic E-state index is 0.00486. The predicted octanol–water partition coefficient (Wildman–Crippen LogP) is 2.20. The van der Waals surface area contributed by atoms with E-state index >= 15 is 0 Å². The van der Waals surface area contributed by atoms with Crippen LogP contribution < -0.4 is 10.1 Å². The molecule has 1 atom stereocenters. The van der Waals surface area contributed by atoms with Crippen LogP contribution in [-0.2, 0) is 11.8 Å². The number of carbonyl (C=O) groups is 1. The lowest BCUT2D eigenvalue weighted by Crippen LogP contribution is -2.15. The number of thioether (sulfide) groups is 1. The standard InChI is InChI=1S/C14H15N3O2S/c1-17-14-11(7-15-17)13(20-8-12(18)16-14)9-4-3-5-10(6-9)19-2/h3-7,13H,8H2,1-2H3,(H,16,18). The fourth-order valence-electron chi connectivity index (χ4n) is 2.30. The van der Waals surface area contributed by atoms with E-state index in [1.165, 1.54) is 0 Å². The van der Waals surface area contributed by atoms with Gasteiger partial charge in [-0.15, -0.1) is 11.8 Å². The number of nitrogens with zero attached hydrogens (tertiary/aromatic N) is 2. The minimum Gasteiger partial charge on any atom is -0.497 e. The number of rotatable bonds is 2. The Morgan fingerprint density at radius 1 is 1.50 bits per heavy atom. The SMILES string of the molecule is COc1cccc(C2SCC(=O)Nc3c2cnn3C)c1. The van der Waals surface area contributed by atoms with Crippen molar-refractivity contribution in [3.05, 3.63) is 41.6 Å². The van der Waals surface area contributed by atoms with Gasteiger partial charge in [0.1, 0.15) is 11.6 Å². The largest absolute Gasteiger partial charge is 0.497 e. The van der Waals surface area contributed by atoms with Crippen molar-refractivity contribution >= 4 is 23.5 Å². The highest BCUT2D eigenvalue weighted by Gasteiger charge is 2.27. The van der Waals surface area contributed by atoms with Crippen molar-refractivity contribution in [1.82, 2.24) is 9.78 Å². The Kier molecular flexibility index (Phi) is 3.40. The molecule has 1 aromatic carbocycles. The number of benzene rings is 1. The van der Waals surface area contributed by atoms with Crippen molar-refractivity contribution < 1.29 is 9.53 Å². The summed E-state index contributed by atoms with van der Waals surface area (Å²) in [4.78, 5) is 11.8. The van der Waals surface area contributed by atoms with E-state index in [9.17, 15) is 4.79 Å². The number of hydrogen-bond acceptors (Lipinski definition) is 4. The smallest absolute Gasteiger partial charge is 0.235 e. The summed E-state index contributed by atoms with van der Waals surface area (Å²) in [5.74, 6) is 2.02. The van der Waals surface area contributed by atoms with E-state index in [4.69, 9.17) is 4.74 Å². The summed E-state index contributed by atoms with van der Waals surface area (Å²) in [6.45, 7) is 0. The van der Waals surface area contributed by atoms with Gasteiger partial charge in [0.15, 0.2) is 0 Å². The number of hydrogen-bond donors (Lipinski definition) is 1. The Morgan fingerprint density at radius 3 is 3.15 bits per heavy atom. The fourth-order valence-corrected chi connectivity index (χ4v) is 3.38. The van der Waals surface area contributed by atoms with Gasteiger partial charge in [0.2, 0.25) is 5.91 Å². The van der Waals surface area contributed by atoms with Crippen LogP contribution in [0, 0.1) is 0 Å². The molecule has 104 valence electrons. The van der Waals surface area contributed by atoms with Crippen molar-refractivity contribution in [2.24, 2.45) is 7.05 Å². The van der Waals surface area contributed by atoms with E-state index in [-0.39, 0.29) is 11.2 Å². The van der Waals surface area contributed by atoms with Crippen LogP contribution in [0.4, 0.5) is 5.82 Å². The average molecular weight is 289 g/mol. The second kappa shape index (κ2) is 5.20. The first kappa shape index (κ1) is 13.1. The number of amides is 1. The molecule has 0 saturated heterocycles. The molecule has 1 N–H and O–H groups in total. The Balaban J connectivity index is 2.06. The van der Waals surface area contributed by atoms with Gasteiger partial charge in [0.05, 0.1) is 24.3 Å². The van der Waals surface area contributed by atoms with Gasteiger partial charge < -0.3 is 10.1 Å². The molecule has 0 aliphatic carbocycles. The second-order valence-electron chi connectivity index (χ2n) is 4.59. The van der Waals surface area contributed by atoms with Crippen LogP contribution in [0.15, 0.2) is 30.5 Å². The normalized spacial score (nSPS) is 18.1. The van der Waals surface area contributed by atoms with Crippen LogP contribution in [0.25, 0.3) is 0 Å². The maximum Gasteiger partial charge on any atom is 0.235 e. The van der Waals surface area contributed by atoms with Crippen molar-refractivity contribution in [2.75, 3.05) is 18.2 Å². The van der Waals surface area contributed by atoms with Crippen LogP contribution in [0.5, 0.6) is 5.75 Å². The Morgan fingerprint density at radius 2 is 2.35 bits per heavy atom. The van der Waals surface area contributed by atoms with Crippen molar-refractivity contribution in [1.29, 1.82) is 0 Å². The molecule has 0 bridgehead atoms. The summed E-state index contributed by atoms with van der Waals surface area (Å²) in [7, 11) is 3.48. The summed E-state index contributed by atoms with van der Waals surface area (Å²) >= 11 is 1.60. The lowest BCUT2D eigenvalue weighted by Gasteiger charge is -2.14. The molecule has 2 heterocycles. The quantitative estimate of drug-likeness (QED) is 0.921. The molecule has 5 nitrogen and oxygen atoms in total. The number of anilines is 1. The third kappa shape index (κ3) is 2.27. The van der Waals surface area contributed by atoms with Gasteiger partial charge in [-0.1, -0.05) is 12.1 Å². The van der Waals surface area contributed by atoms with Gasteiger partial charge in [0, 0.05) is 12.6 Å². The number of nitrogens with one attached hydrogen (secondary N) is 1. The molecule has 20 heavy (non-hydrogen) atoms. The van der Waals surface area contributed by atoms with Crippen molar-refractivity contribution in [3.63, 3.8) is 0 Å². The number of methoxy groups -OCH3 is 1. The molecule has 0 spiro atoms. The Labute approximate surface area is 121 Å². The Bertz CT molecular complexity index is 654. The number of aryl methyl sites for hydroxylation is 1. The zero-order valence-electron chi connectivity index (χ0n) is 11.3. The highest BCUT2D eigenvalue weighted by Crippen LogP contribution is 2.41. The van der Waals surface area contributed by atoms with Gasteiger partial charge in [-0.3, -0.25) is 9.48 Å². The highest BCUT2D eigenvalue weighted by atomic mass is 32.2. The van der Waals surface area contributed by atoms with Crippen LogP contribution in [-0.4, -0.2) is 28.6 Å². The summed E-state index contributed by atoms with van der Waals surface area (Å²) < 4.78 is 6.98. The summed E-state index contributed by atoms with van der Waals surface area (Å²) in [6.07, 6.45) is 1.82. The molecule has 0 fully saturated rings. The molecular formula is C14H15N3O2S. The predicted molar refractivity (Wildman–Crippen MR) is 79.1 cm³/mol. The fraction of sp³-hybridized carbons (Fsp3) is 0.286. The van der Waals surface area contributed by atoms with E-state index in [2.05, 4.69) is 10.4 Å². The summed E-state index contributed by atoms with van der Waals surface area (Å²) in [6, 6.07) is 7.93. The molecule has 2 aromatic rings. The summed E-state index contributed by atoms with van der Waals surface area (Å²) in [5.41, 5.74) is 2.14. The maximum absolute atomic E-state index is 11.8. The topological polar surface area (TPSA) is 56.1 Å². The summed E-state index contributed by atoms with van der Waals surface area (Å²) in [5, 5.41) is 7.24. The second-order valence-corrected chi connectivity index (χ2v) is 5.68. The molecule has 1 aromatic heterocycles. The van der Waals surface area contributed by atoms with Crippen LogP contribution in [0.2, 0.25) is 0 Å². The zero-order chi connectivity index (χ0) is 14.1. The van der Waals surface area contributed by atoms with Gasteiger partial charge >= 0.3 is 0 Å². The van der Waals surface area contributed by atoms with Crippen molar-refractivity contribution in [2.45, 2.75) is 5.25 Å². The molecule has 1 unspecified atom stereocenters. The molecule has 1 aliphatic heterocycles. The molecule has 1 amide bonds. The lowest BCUT2D eigenvalue weighted by molar-refractivity contribution is -0.113.